The Hall–Kier alpha value is -3.61. The van der Waals surface area contributed by atoms with Gasteiger partial charge >= 0.3 is 11.1 Å². The van der Waals surface area contributed by atoms with Crippen LogP contribution in [0.1, 0.15) is 30.2 Å². The van der Waals surface area contributed by atoms with Crippen molar-refractivity contribution in [2.24, 2.45) is 0 Å². The van der Waals surface area contributed by atoms with Gasteiger partial charge in [-0.05, 0) is 32.0 Å². The first-order chi connectivity index (χ1) is 14.0. The predicted octanol–water partition coefficient (Wildman–Crippen LogP) is 2.66. The number of H-pyrrole nitrogens is 1. The van der Waals surface area contributed by atoms with Crippen molar-refractivity contribution < 1.29 is 4.79 Å². The SMILES string of the molecule is CC(C)n1cc(C(=O)NCCn2c(=O)c(=O)[nH]c3ccccc32)c2ccccc21. The third-order valence-corrected chi connectivity index (χ3v) is 5.04. The number of rotatable bonds is 5. The molecule has 0 spiro atoms. The van der Waals surface area contributed by atoms with Gasteiger partial charge in [0.15, 0.2) is 0 Å². The largest absolute Gasteiger partial charge is 0.350 e. The van der Waals surface area contributed by atoms with Gasteiger partial charge in [0.25, 0.3) is 5.91 Å². The Kier molecular flexibility index (Phi) is 4.80. The van der Waals surface area contributed by atoms with Crippen LogP contribution in [0.25, 0.3) is 21.9 Å². The summed E-state index contributed by atoms with van der Waals surface area (Å²) in [6, 6.07) is 15.1. The highest BCUT2D eigenvalue weighted by Crippen LogP contribution is 2.24. The van der Waals surface area contributed by atoms with E-state index in [0.29, 0.717) is 16.6 Å². The summed E-state index contributed by atoms with van der Waals surface area (Å²) in [5, 5.41) is 3.77. The van der Waals surface area contributed by atoms with Gasteiger partial charge in [-0.2, -0.15) is 0 Å². The summed E-state index contributed by atoms with van der Waals surface area (Å²) < 4.78 is 3.46. The molecule has 4 aromatic rings. The van der Waals surface area contributed by atoms with Gasteiger partial charge in [-0.25, -0.2) is 0 Å². The maximum Gasteiger partial charge on any atom is 0.316 e. The van der Waals surface area contributed by atoms with Crippen molar-refractivity contribution in [3.63, 3.8) is 0 Å². The Morgan fingerprint density at radius 1 is 1.03 bits per heavy atom. The normalized spacial score (nSPS) is 11.4. The van der Waals surface area contributed by atoms with E-state index in [-0.39, 0.29) is 25.0 Å². The molecule has 0 aliphatic heterocycles. The lowest BCUT2D eigenvalue weighted by Crippen LogP contribution is -2.39. The number of hydrogen-bond donors (Lipinski definition) is 2. The van der Waals surface area contributed by atoms with E-state index in [1.54, 1.807) is 24.3 Å². The lowest BCUT2D eigenvalue weighted by molar-refractivity contribution is 0.0953. The number of carbonyl (C=O) groups is 1. The number of hydrogen-bond acceptors (Lipinski definition) is 3. The van der Waals surface area contributed by atoms with Crippen LogP contribution < -0.4 is 16.4 Å². The van der Waals surface area contributed by atoms with Crippen LogP contribution in [0, 0.1) is 0 Å². The van der Waals surface area contributed by atoms with E-state index in [9.17, 15) is 14.4 Å². The number of nitrogens with one attached hydrogen (secondary N) is 2. The Morgan fingerprint density at radius 2 is 1.72 bits per heavy atom. The standard InChI is InChI=1S/C22H22N4O3/c1-14(2)26-13-16(15-7-3-5-9-18(15)26)20(27)23-11-12-25-19-10-6-4-8-17(19)24-21(28)22(25)29/h3-10,13-14H,11-12H2,1-2H3,(H,23,27)(H,24,28). The lowest BCUT2D eigenvalue weighted by atomic mass is 10.1. The molecule has 2 N–H and O–H groups in total. The molecule has 0 bridgehead atoms. The van der Waals surface area contributed by atoms with Crippen LogP contribution >= 0.6 is 0 Å². The molecule has 7 heteroatoms. The van der Waals surface area contributed by atoms with E-state index in [4.69, 9.17) is 0 Å². The third-order valence-electron chi connectivity index (χ3n) is 5.04. The number of benzene rings is 2. The molecule has 0 aliphatic carbocycles. The minimum absolute atomic E-state index is 0.206. The number of para-hydroxylation sites is 3. The van der Waals surface area contributed by atoms with Crippen molar-refractivity contribution in [1.29, 1.82) is 0 Å². The van der Waals surface area contributed by atoms with Gasteiger partial charge in [0.05, 0.1) is 16.6 Å². The fraction of sp³-hybridized carbons (Fsp3) is 0.227. The maximum absolute atomic E-state index is 12.8. The fourth-order valence-corrected chi connectivity index (χ4v) is 3.63. The summed E-state index contributed by atoms with van der Waals surface area (Å²) in [6.45, 7) is 4.57. The van der Waals surface area contributed by atoms with Crippen LogP contribution in [0.3, 0.4) is 0 Å². The van der Waals surface area contributed by atoms with Crippen molar-refractivity contribution in [2.75, 3.05) is 6.54 Å². The quantitative estimate of drug-likeness (QED) is 0.514. The first kappa shape index (κ1) is 18.7. The summed E-state index contributed by atoms with van der Waals surface area (Å²) >= 11 is 0. The molecule has 0 fully saturated rings. The summed E-state index contributed by atoms with van der Waals surface area (Å²) in [6.07, 6.45) is 1.86. The van der Waals surface area contributed by atoms with Gasteiger partial charge in [0, 0.05) is 36.2 Å². The van der Waals surface area contributed by atoms with Crippen molar-refractivity contribution >= 4 is 27.8 Å². The average molecular weight is 390 g/mol. The van der Waals surface area contributed by atoms with Crippen LogP contribution in [0.5, 0.6) is 0 Å². The molecule has 0 saturated heterocycles. The molecular formula is C22H22N4O3. The molecular weight excluding hydrogens is 368 g/mol. The Morgan fingerprint density at radius 3 is 2.48 bits per heavy atom. The second-order valence-corrected chi connectivity index (χ2v) is 7.24. The second kappa shape index (κ2) is 7.43. The highest BCUT2D eigenvalue weighted by molar-refractivity contribution is 6.07. The van der Waals surface area contributed by atoms with Crippen molar-refractivity contribution in [3.05, 3.63) is 81.0 Å². The van der Waals surface area contributed by atoms with Gasteiger partial charge in [0.2, 0.25) is 0 Å². The lowest BCUT2D eigenvalue weighted by Gasteiger charge is -2.10. The van der Waals surface area contributed by atoms with E-state index in [0.717, 1.165) is 10.9 Å². The van der Waals surface area contributed by atoms with E-state index in [1.165, 1.54) is 4.57 Å². The molecule has 0 atom stereocenters. The van der Waals surface area contributed by atoms with Gasteiger partial charge in [-0.1, -0.05) is 30.3 Å². The molecule has 2 heterocycles. The first-order valence-electron chi connectivity index (χ1n) is 9.57. The minimum atomic E-state index is -0.671. The molecule has 0 radical (unpaired) electrons. The molecule has 1 amide bonds. The van der Waals surface area contributed by atoms with Crippen LogP contribution in [0.15, 0.2) is 64.3 Å². The van der Waals surface area contributed by atoms with Crippen LogP contribution in [0.4, 0.5) is 0 Å². The summed E-state index contributed by atoms with van der Waals surface area (Å²) in [5.41, 5.74) is 1.51. The topological polar surface area (TPSA) is 88.9 Å². The molecule has 2 aromatic heterocycles. The minimum Gasteiger partial charge on any atom is -0.350 e. The Bertz CT molecular complexity index is 1330. The van der Waals surface area contributed by atoms with E-state index in [2.05, 4.69) is 28.7 Å². The fourth-order valence-electron chi connectivity index (χ4n) is 3.63. The van der Waals surface area contributed by atoms with E-state index < -0.39 is 11.1 Å². The number of aromatic amines is 1. The number of nitrogens with zero attached hydrogens (tertiary/aromatic N) is 2. The molecule has 29 heavy (non-hydrogen) atoms. The molecule has 2 aromatic carbocycles. The van der Waals surface area contributed by atoms with Gasteiger partial charge in [-0.3, -0.25) is 14.4 Å². The Labute approximate surface area is 166 Å². The molecule has 0 aliphatic rings. The van der Waals surface area contributed by atoms with Crippen LogP contribution in [0.2, 0.25) is 0 Å². The van der Waals surface area contributed by atoms with Crippen molar-refractivity contribution in [1.82, 2.24) is 19.4 Å². The number of carbonyl (C=O) groups excluding carboxylic acids is 1. The monoisotopic (exact) mass is 390 g/mol. The predicted molar refractivity (Wildman–Crippen MR) is 113 cm³/mol. The summed E-state index contributed by atoms with van der Waals surface area (Å²) in [5.74, 6) is -0.206. The van der Waals surface area contributed by atoms with Crippen molar-refractivity contribution in [2.45, 2.75) is 26.4 Å². The average Bonchev–Trinajstić information content (AvgIpc) is 3.11. The summed E-state index contributed by atoms with van der Waals surface area (Å²) in [4.78, 5) is 39.6. The van der Waals surface area contributed by atoms with Gasteiger partial charge in [-0.15, -0.1) is 0 Å². The first-order valence-corrected chi connectivity index (χ1v) is 9.57. The van der Waals surface area contributed by atoms with E-state index in [1.807, 2.05) is 30.5 Å². The van der Waals surface area contributed by atoms with Gasteiger partial charge in [0.1, 0.15) is 0 Å². The molecule has 7 nitrogen and oxygen atoms in total. The molecule has 4 rings (SSSR count). The van der Waals surface area contributed by atoms with Crippen LogP contribution in [-0.2, 0) is 6.54 Å². The molecule has 0 unspecified atom stereocenters. The number of amides is 1. The van der Waals surface area contributed by atoms with E-state index >= 15 is 0 Å². The molecule has 0 saturated carbocycles. The van der Waals surface area contributed by atoms with Crippen molar-refractivity contribution in [3.8, 4) is 0 Å². The number of aromatic nitrogens is 3. The zero-order valence-corrected chi connectivity index (χ0v) is 16.3. The maximum atomic E-state index is 12.8. The zero-order chi connectivity index (χ0) is 20.5. The smallest absolute Gasteiger partial charge is 0.316 e. The zero-order valence-electron chi connectivity index (χ0n) is 16.3. The number of fused-ring (bicyclic) bond motifs is 2. The molecule has 148 valence electrons. The highest BCUT2D eigenvalue weighted by atomic mass is 16.2. The van der Waals surface area contributed by atoms with Gasteiger partial charge < -0.3 is 19.4 Å². The second-order valence-electron chi connectivity index (χ2n) is 7.24. The van der Waals surface area contributed by atoms with Crippen LogP contribution in [-0.4, -0.2) is 26.6 Å². The Balaban J connectivity index is 1.59. The highest BCUT2D eigenvalue weighted by Gasteiger charge is 2.16. The summed E-state index contributed by atoms with van der Waals surface area (Å²) in [7, 11) is 0. The third kappa shape index (κ3) is 3.35.